The molecule has 0 aromatic heterocycles. The van der Waals surface area contributed by atoms with E-state index in [9.17, 15) is 14.4 Å². The lowest BCUT2D eigenvalue weighted by Gasteiger charge is -2.26. The van der Waals surface area contributed by atoms with E-state index in [4.69, 9.17) is 21.1 Å². The summed E-state index contributed by atoms with van der Waals surface area (Å²) in [6.07, 6.45) is 1.38. The van der Waals surface area contributed by atoms with E-state index in [0.717, 1.165) is 10.5 Å². The van der Waals surface area contributed by atoms with Crippen molar-refractivity contribution in [2.24, 2.45) is 0 Å². The number of nitrogens with one attached hydrogen (secondary N) is 1. The summed E-state index contributed by atoms with van der Waals surface area (Å²) in [6.45, 7) is 1.80. The van der Waals surface area contributed by atoms with Crippen molar-refractivity contribution in [2.45, 2.75) is 6.92 Å². The zero-order valence-electron chi connectivity index (χ0n) is 15.4. The van der Waals surface area contributed by atoms with E-state index < -0.39 is 17.8 Å². The van der Waals surface area contributed by atoms with Gasteiger partial charge >= 0.3 is 6.03 Å². The minimum absolute atomic E-state index is 0.191. The summed E-state index contributed by atoms with van der Waals surface area (Å²) in [5, 5.41) is 2.58. The molecule has 28 heavy (non-hydrogen) atoms. The van der Waals surface area contributed by atoms with E-state index in [-0.39, 0.29) is 11.3 Å². The summed E-state index contributed by atoms with van der Waals surface area (Å²) >= 11 is 6.11. The molecule has 3 rings (SSSR count). The van der Waals surface area contributed by atoms with Gasteiger partial charge in [0.25, 0.3) is 11.8 Å². The smallest absolute Gasteiger partial charge is 0.335 e. The average Bonchev–Trinajstić information content (AvgIpc) is 2.67. The number of barbiturate groups is 1. The van der Waals surface area contributed by atoms with Gasteiger partial charge in [-0.05, 0) is 48.4 Å². The largest absolute Gasteiger partial charge is 0.493 e. The topological polar surface area (TPSA) is 84.9 Å². The summed E-state index contributed by atoms with van der Waals surface area (Å²) < 4.78 is 10.4. The van der Waals surface area contributed by atoms with Crippen molar-refractivity contribution in [1.29, 1.82) is 0 Å². The fourth-order valence-corrected chi connectivity index (χ4v) is 2.90. The first-order chi connectivity index (χ1) is 13.3. The highest BCUT2D eigenvalue weighted by Crippen LogP contribution is 2.30. The first-order valence-corrected chi connectivity index (χ1v) is 8.63. The van der Waals surface area contributed by atoms with Gasteiger partial charge in [-0.3, -0.25) is 14.9 Å². The number of ether oxygens (including phenoxy) is 2. The monoisotopic (exact) mass is 400 g/mol. The first kappa shape index (κ1) is 19.4. The predicted octanol–water partition coefficient (Wildman–Crippen LogP) is 3.33. The van der Waals surface area contributed by atoms with Crippen LogP contribution in [0.15, 0.2) is 42.0 Å². The zero-order valence-corrected chi connectivity index (χ0v) is 16.2. The summed E-state index contributed by atoms with van der Waals surface area (Å²) in [6, 6.07) is 8.87. The lowest BCUT2D eigenvalue weighted by atomic mass is 10.1. The molecule has 2 aromatic rings. The number of methoxy groups -OCH3 is 2. The summed E-state index contributed by atoms with van der Waals surface area (Å²) in [7, 11) is 2.99. The number of carbonyl (C=O) groups excluding carboxylic acids is 3. The molecule has 1 aliphatic heterocycles. The van der Waals surface area contributed by atoms with Crippen LogP contribution in [0.25, 0.3) is 6.08 Å². The van der Waals surface area contributed by atoms with Crippen LogP contribution in [0.1, 0.15) is 11.1 Å². The highest BCUT2D eigenvalue weighted by Gasteiger charge is 2.37. The minimum Gasteiger partial charge on any atom is -0.493 e. The zero-order chi connectivity index (χ0) is 20.4. The molecule has 0 saturated carbocycles. The Morgan fingerprint density at radius 3 is 2.36 bits per heavy atom. The predicted molar refractivity (Wildman–Crippen MR) is 105 cm³/mol. The van der Waals surface area contributed by atoms with Gasteiger partial charge in [-0.15, -0.1) is 0 Å². The number of benzene rings is 2. The molecule has 1 fully saturated rings. The fourth-order valence-electron chi connectivity index (χ4n) is 2.72. The Balaban J connectivity index is 2.02. The number of halogens is 1. The molecule has 0 radical (unpaired) electrons. The SMILES string of the molecule is COc1ccc(/C=C2/C(=O)NC(=O)N(c3ccc(C)c(Cl)c3)C2=O)cc1OC. The van der Waals surface area contributed by atoms with Crippen LogP contribution in [0, 0.1) is 6.92 Å². The molecule has 0 bridgehead atoms. The van der Waals surface area contributed by atoms with Crippen LogP contribution in [0.4, 0.5) is 10.5 Å². The van der Waals surface area contributed by atoms with Gasteiger partial charge in [0.1, 0.15) is 5.57 Å². The van der Waals surface area contributed by atoms with E-state index in [1.807, 2.05) is 0 Å². The molecular weight excluding hydrogens is 384 g/mol. The van der Waals surface area contributed by atoms with Crippen molar-refractivity contribution in [2.75, 3.05) is 19.1 Å². The van der Waals surface area contributed by atoms with Gasteiger partial charge < -0.3 is 9.47 Å². The van der Waals surface area contributed by atoms with Crippen LogP contribution in [0.3, 0.4) is 0 Å². The van der Waals surface area contributed by atoms with Crippen LogP contribution in [-0.4, -0.2) is 32.1 Å². The molecule has 1 N–H and O–H groups in total. The van der Waals surface area contributed by atoms with E-state index in [0.29, 0.717) is 22.1 Å². The van der Waals surface area contributed by atoms with Crippen molar-refractivity contribution < 1.29 is 23.9 Å². The summed E-state index contributed by atoms with van der Waals surface area (Å²) in [5.74, 6) is -0.573. The third kappa shape index (κ3) is 3.57. The van der Waals surface area contributed by atoms with Gasteiger partial charge in [0.15, 0.2) is 11.5 Å². The van der Waals surface area contributed by atoms with Crippen LogP contribution < -0.4 is 19.7 Å². The maximum absolute atomic E-state index is 12.9. The fraction of sp³-hybridized carbons (Fsp3) is 0.150. The first-order valence-electron chi connectivity index (χ1n) is 8.25. The number of imide groups is 2. The average molecular weight is 401 g/mol. The molecule has 1 heterocycles. The second kappa shape index (κ2) is 7.74. The van der Waals surface area contributed by atoms with Crippen molar-refractivity contribution in [3.05, 3.63) is 58.1 Å². The number of hydrogen-bond acceptors (Lipinski definition) is 5. The Hall–Kier alpha value is -3.32. The number of amides is 4. The number of urea groups is 1. The summed E-state index contributed by atoms with van der Waals surface area (Å²) in [5.41, 5.74) is 1.41. The van der Waals surface area contributed by atoms with Crippen molar-refractivity contribution >= 4 is 41.2 Å². The molecule has 0 spiro atoms. The number of nitrogens with zero attached hydrogens (tertiary/aromatic N) is 1. The number of rotatable bonds is 4. The van der Waals surface area contributed by atoms with E-state index in [1.165, 1.54) is 26.4 Å². The van der Waals surface area contributed by atoms with Gasteiger partial charge in [0.05, 0.1) is 19.9 Å². The van der Waals surface area contributed by atoms with Gasteiger partial charge in [-0.2, -0.15) is 0 Å². The van der Waals surface area contributed by atoms with Gasteiger partial charge in [-0.25, -0.2) is 9.69 Å². The molecule has 0 unspecified atom stereocenters. The molecule has 0 atom stereocenters. The molecule has 2 aromatic carbocycles. The number of aryl methyl sites for hydroxylation is 1. The Bertz CT molecular complexity index is 1020. The molecule has 1 saturated heterocycles. The molecule has 1 aliphatic rings. The van der Waals surface area contributed by atoms with Crippen LogP contribution >= 0.6 is 11.6 Å². The molecular formula is C20H17ClN2O5. The highest BCUT2D eigenvalue weighted by atomic mass is 35.5. The van der Waals surface area contributed by atoms with Gasteiger partial charge in [0, 0.05) is 5.02 Å². The number of carbonyl (C=O) groups is 3. The lowest BCUT2D eigenvalue weighted by Crippen LogP contribution is -2.54. The summed E-state index contributed by atoms with van der Waals surface area (Å²) in [4.78, 5) is 38.3. The van der Waals surface area contributed by atoms with Gasteiger partial charge in [0.2, 0.25) is 0 Å². The molecule has 7 nitrogen and oxygen atoms in total. The van der Waals surface area contributed by atoms with Crippen molar-refractivity contribution in [3.63, 3.8) is 0 Å². The van der Waals surface area contributed by atoms with E-state index in [1.54, 1.807) is 37.3 Å². The maximum atomic E-state index is 12.9. The van der Waals surface area contributed by atoms with E-state index in [2.05, 4.69) is 5.32 Å². The normalized spacial score (nSPS) is 15.6. The Labute approximate surface area is 166 Å². The quantitative estimate of drug-likeness (QED) is 0.628. The Morgan fingerprint density at radius 2 is 1.71 bits per heavy atom. The second-order valence-corrected chi connectivity index (χ2v) is 6.41. The second-order valence-electron chi connectivity index (χ2n) is 6.01. The van der Waals surface area contributed by atoms with Crippen molar-refractivity contribution in [3.8, 4) is 11.5 Å². The number of hydrogen-bond donors (Lipinski definition) is 1. The third-order valence-corrected chi connectivity index (χ3v) is 4.64. The number of anilines is 1. The third-order valence-electron chi connectivity index (χ3n) is 4.23. The van der Waals surface area contributed by atoms with E-state index >= 15 is 0 Å². The molecule has 0 aliphatic carbocycles. The standard InChI is InChI=1S/C20H17ClN2O5/c1-11-4-6-13(10-15(11)21)23-19(25)14(18(24)22-20(23)26)8-12-5-7-16(27-2)17(9-12)28-3/h4-10H,1-3H3,(H,22,24,26)/b14-8-. The highest BCUT2D eigenvalue weighted by molar-refractivity contribution is 6.39. The van der Waals surface area contributed by atoms with Crippen LogP contribution in [0.5, 0.6) is 11.5 Å². The lowest BCUT2D eigenvalue weighted by molar-refractivity contribution is -0.122. The molecule has 4 amide bonds. The minimum atomic E-state index is -0.834. The molecule has 144 valence electrons. The Kier molecular flexibility index (Phi) is 5.37. The van der Waals surface area contributed by atoms with Crippen LogP contribution in [-0.2, 0) is 9.59 Å². The maximum Gasteiger partial charge on any atom is 0.335 e. The van der Waals surface area contributed by atoms with Crippen LogP contribution in [0.2, 0.25) is 5.02 Å². The van der Waals surface area contributed by atoms with Crippen molar-refractivity contribution in [1.82, 2.24) is 5.32 Å². The molecule has 8 heteroatoms. The Morgan fingerprint density at radius 1 is 1.00 bits per heavy atom. The van der Waals surface area contributed by atoms with Gasteiger partial charge in [-0.1, -0.05) is 23.7 Å².